The van der Waals surface area contributed by atoms with E-state index in [0.29, 0.717) is 17.9 Å². The Hall–Kier alpha value is -4.89. The Labute approximate surface area is 503 Å². The van der Waals surface area contributed by atoms with E-state index in [4.69, 9.17) is 0 Å². The molecule has 0 radical (unpaired) electrons. The molecule has 0 amide bonds. The highest BCUT2D eigenvalue weighted by molar-refractivity contribution is 9.13. The first-order valence-electron chi connectivity index (χ1n) is 21.5. The van der Waals surface area contributed by atoms with Crippen LogP contribution < -0.4 is 23.6 Å². The van der Waals surface area contributed by atoms with Gasteiger partial charge in [-0.3, -0.25) is 23.6 Å². The lowest BCUT2D eigenvalue weighted by Crippen LogP contribution is -2.18. The second-order valence-corrected chi connectivity index (χ2v) is 29.6. The zero-order chi connectivity index (χ0) is 58.3. The van der Waals surface area contributed by atoms with Crippen LogP contribution in [0.4, 0.5) is 46.0 Å². The summed E-state index contributed by atoms with van der Waals surface area (Å²) < 4.78 is 193. The maximum absolute atomic E-state index is 13.1. The molecule has 30 heteroatoms. The van der Waals surface area contributed by atoms with Crippen LogP contribution >= 0.6 is 95.6 Å². The van der Waals surface area contributed by atoms with E-state index in [1.165, 1.54) is 60.7 Å². The van der Waals surface area contributed by atoms with E-state index in [2.05, 4.69) is 119 Å². The average molecular weight is 1570 g/mol. The molecule has 0 bridgehead atoms. The van der Waals surface area contributed by atoms with Crippen LogP contribution in [-0.4, -0.2) is 42.1 Å². The van der Waals surface area contributed by atoms with E-state index >= 15 is 0 Å². The smallest absolute Gasteiger partial charge is 0.261 e. The number of benzene rings is 8. The fourth-order valence-corrected chi connectivity index (χ4v) is 13.4. The Morgan fingerprint density at radius 3 is 0.835 bits per heavy atom. The van der Waals surface area contributed by atoms with Gasteiger partial charge in [0.1, 0.15) is 11.6 Å². The number of sulfonamides is 5. The van der Waals surface area contributed by atoms with Crippen LogP contribution in [0.5, 0.6) is 0 Å². The van der Waals surface area contributed by atoms with Crippen molar-refractivity contribution in [3.63, 3.8) is 0 Å². The normalized spacial score (nSPS) is 11.7. The molecule has 416 valence electrons. The third kappa shape index (κ3) is 17.6. The minimum absolute atomic E-state index is 0.0283. The number of nitrogens with one attached hydrogen (secondary N) is 5. The van der Waals surface area contributed by atoms with Gasteiger partial charge in [-0.2, -0.15) is 0 Å². The van der Waals surface area contributed by atoms with E-state index < -0.39 is 73.4 Å². The van der Waals surface area contributed by atoms with Crippen LogP contribution in [-0.2, 0) is 50.1 Å². The first kappa shape index (κ1) is 63.3. The molecule has 8 aromatic rings. The molecule has 79 heavy (non-hydrogen) atoms. The molecule has 0 heterocycles. The second kappa shape index (κ2) is 26.4. The fourth-order valence-electron chi connectivity index (χ4n) is 6.19. The molecule has 0 saturated carbocycles. The Balaban J connectivity index is 0.000000197. The van der Waals surface area contributed by atoms with Gasteiger partial charge in [0.25, 0.3) is 50.1 Å². The summed E-state index contributed by atoms with van der Waals surface area (Å²) in [5.74, 6) is -3.34. The predicted octanol–water partition coefficient (Wildman–Crippen LogP) is 14.5. The minimum Gasteiger partial charge on any atom is -0.280 e. The third-order valence-electron chi connectivity index (χ3n) is 10.1. The molecule has 0 fully saturated rings. The number of hydrogen-bond donors (Lipinski definition) is 5. The van der Waals surface area contributed by atoms with Gasteiger partial charge < -0.3 is 0 Å². The monoisotopic (exact) mass is 1560 g/mol. The van der Waals surface area contributed by atoms with Crippen molar-refractivity contribution in [1.29, 1.82) is 0 Å². The van der Waals surface area contributed by atoms with Crippen LogP contribution in [0.2, 0.25) is 0 Å². The average Bonchev–Trinajstić information content (AvgIpc) is 3.40. The summed E-state index contributed by atoms with van der Waals surface area (Å²) in [6, 6.07) is 35.1. The van der Waals surface area contributed by atoms with Gasteiger partial charge in [0.15, 0.2) is 11.6 Å². The molecular weight excluding hydrogens is 1530 g/mol. The maximum atomic E-state index is 13.1. The summed E-state index contributed by atoms with van der Waals surface area (Å²) in [6.45, 7) is 1.83. The summed E-state index contributed by atoms with van der Waals surface area (Å²) in [5.41, 5.74) is 0.855. The Morgan fingerprint density at radius 2 is 0.557 bits per heavy atom. The van der Waals surface area contributed by atoms with Gasteiger partial charge in [0.05, 0.1) is 52.9 Å². The highest BCUT2D eigenvalue weighted by Crippen LogP contribution is 2.38. The van der Waals surface area contributed by atoms with Gasteiger partial charge in [0, 0.05) is 32.9 Å². The SMILES string of the molecule is Cc1ccc(S(=O)(=O)Nc2ccc(F)c(F)c2)cc1.O=S(=O)(Nc1cc(Br)c(Br)cc1NS(=O)(=O)c1ccc(Br)cc1)c1ccc(Br)cc1.O=S(=O)(Nc1cc(Br)c(Br)cc1NS(=O)(=O)c1ccc(F)cc1)c1ccc(F)cc1. The molecule has 8 rings (SSSR count). The van der Waals surface area contributed by atoms with Crippen LogP contribution in [0.25, 0.3) is 0 Å². The van der Waals surface area contributed by atoms with Crippen molar-refractivity contribution in [2.45, 2.75) is 31.4 Å². The molecular formula is C49H35Br6F4N5O10S5. The van der Waals surface area contributed by atoms with Crippen molar-refractivity contribution >= 4 is 174 Å². The van der Waals surface area contributed by atoms with Crippen molar-refractivity contribution in [3.8, 4) is 0 Å². The van der Waals surface area contributed by atoms with Crippen LogP contribution in [0.3, 0.4) is 0 Å². The van der Waals surface area contributed by atoms with E-state index in [9.17, 15) is 59.7 Å². The van der Waals surface area contributed by atoms with Gasteiger partial charge in [-0.15, -0.1) is 0 Å². The zero-order valence-corrected chi connectivity index (χ0v) is 53.1. The van der Waals surface area contributed by atoms with Gasteiger partial charge in [-0.1, -0.05) is 49.6 Å². The molecule has 0 aliphatic rings. The Morgan fingerprint density at radius 1 is 0.304 bits per heavy atom. The molecule has 15 nitrogen and oxygen atoms in total. The number of halogens is 10. The molecule has 0 aromatic heterocycles. The fraction of sp³-hybridized carbons (Fsp3) is 0.0204. The van der Waals surface area contributed by atoms with E-state index in [0.717, 1.165) is 81.2 Å². The molecule has 0 aliphatic heterocycles. The number of aryl methyl sites for hydroxylation is 1. The van der Waals surface area contributed by atoms with Crippen molar-refractivity contribution in [1.82, 2.24) is 0 Å². The quantitative estimate of drug-likeness (QED) is 0.0610. The molecule has 0 spiro atoms. The minimum atomic E-state index is -4.15. The lowest BCUT2D eigenvalue weighted by Gasteiger charge is -2.16. The van der Waals surface area contributed by atoms with Gasteiger partial charge in [-0.25, -0.2) is 59.7 Å². The summed E-state index contributed by atoms with van der Waals surface area (Å²) in [4.78, 5) is -0.300. The van der Waals surface area contributed by atoms with Crippen molar-refractivity contribution in [2.24, 2.45) is 0 Å². The molecule has 0 aliphatic carbocycles. The zero-order valence-electron chi connectivity index (χ0n) is 39.5. The van der Waals surface area contributed by atoms with Crippen molar-refractivity contribution < 1.29 is 59.7 Å². The molecule has 0 saturated heterocycles. The molecule has 0 unspecified atom stereocenters. The van der Waals surface area contributed by atoms with Crippen LogP contribution in [0, 0.1) is 30.2 Å². The van der Waals surface area contributed by atoms with Gasteiger partial charge in [0.2, 0.25) is 0 Å². The molecule has 0 atom stereocenters. The van der Waals surface area contributed by atoms with E-state index in [-0.39, 0.29) is 52.9 Å². The largest absolute Gasteiger partial charge is 0.280 e. The van der Waals surface area contributed by atoms with Crippen molar-refractivity contribution in [2.75, 3.05) is 23.6 Å². The summed E-state index contributed by atoms with van der Waals surface area (Å²) in [7, 11) is -20.0. The summed E-state index contributed by atoms with van der Waals surface area (Å²) in [5, 5.41) is 0. The third-order valence-corrected chi connectivity index (χ3v) is 21.8. The van der Waals surface area contributed by atoms with Gasteiger partial charge >= 0.3 is 0 Å². The summed E-state index contributed by atoms with van der Waals surface area (Å²) >= 11 is 19.6. The Bertz CT molecular complexity index is 3720. The summed E-state index contributed by atoms with van der Waals surface area (Å²) in [6.07, 6.45) is 0. The highest BCUT2D eigenvalue weighted by atomic mass is 79.9. The highest BCUT2D eigenvalue weighted by Gasteiger charge is 2.24. The number of hydrogen-bond acceptors (Lipinski definition) is 10. The topological polar surface area (TPSA) is 231 Å². The first-order valence-corrected chi connectivity index (χ1v) is 33.7. The lowest BCUT2D eigenvalue weighted by molar-refractivity contribution is 0.509. The number of anilines is 5. The molecule has 5 N–H and O–H groups in total. The van der Waals surface area contributed by atoms with Crippen LogP contribution in [0.15, 0.2) is 215 Å². The maximum Gasteiger partial charge on any atom is 0.261 e. The lowest BCUT2D eigenvalue weighted by atomic mass is 10.2. The van der Waals surface area contributed by atoms with Gasteiger partial charge in [-0.05, 0) is 216 Å². The molecule has 8 aromatic carbocycles. The van der Waals surface area contributed by atoms with Crippen molar-refractivity contribution in [3.05, 3.63) is 219 Å². The standard InChI is InChI=1S/C18H12Br4N2O4S2.C18H12Br2F2N2O4S2.C13H11F2NO2S/c19-11-1-5-13(6-2-11)29(25,26)23-17-9-15(21)16(22)10-18(17)24-30(27,28)14-7-3-12(20)4-8-14;19-15-9-17(23-29(25,26)13-5-1-11(21)2-6-13)18(10-16(15)20)24-30(27,28)14-7-3-12(22)4-8-14;1-9-2-5-11(6-3-9)19(17,18)16-10-4-7-12(14)13(15)8-10/h2*1-10,23-24H;2-8,16H,1H3. The first-order chi connectivity index (χ1) is 36.8. The number of rotatable bonds is 15. The van der Waals surface area contributed by atoms with Crippen LogP contribution in [0.1, 0.15) is 5.56 Å². The Kier molecular flexibility index (Phi) is 21.1. The van der Waals surface area contributed by atoms with E-state index in [1.807, 2.05) is 6.92 Å². The van der Waals surface area contributed by atoms with E-state index in [1.54, 1.807) is 36.4 Å². The predicted molar refractivity (Wildman–Crippen MR) is 316 cm³/mol. The second-order valence-electron chi connectivity index (χ2n) is 15.9.